The predicted molar refractivity (Wildman–Crippen MR) is 58.7 cm³/mol. The number of benzene rings is 1. The van der Waals surface area contributed by atoms with E-state index in [9.17, 15) is 9.59 Å². The Labute approximate surface area is 94.4 Å². The second-order valence-corrected chi connectivity index (χ2v) is 4.44. The van der Waals surface area contributed by atoms with Gasteiger partial charge in [0.15, 0.2) is 0 Å². The molecule has 0 N–H and O–H groups in total. The molecule has 2 atom stereocenters. The zero-order valence-electron chi connectivity index (χ0n) is 9.18. The van der Waals surface area contributed by atoms with Crippen LogP contribution >= 0.6 is 0 Å². The topological polar surface area (TPSA) is 43.4 Å². The molecule has 0 unspecified atom stereocenters. The number of aldehydes is 1. The van der Waals surface area contributed by atoms with Gasteiger partial charge in [0.1, 0.15) is 12.4 Å². The molecular formula is C13H14O3. The molecular weight excluding hydrogens is 204 g/mol. The second-order valence-electron chi connectivity index (χ2n) is 4.44. The van der Waals surface area contributed by atoms with Crippen molar-refractivity contribution in [3.63, 3.8) is 0 Å². The highest BCUT2D eigenvalue weighted by atomic mass is 16.6. The number of ether oxygens (including phenoxy) is 1. The lowest BCUT2D eigenvalue weighted by Gasteiger charge is -2.14. The molecule has 0 bridgehead atoms. The number of hydrogen-bond donors (Lipinski definition) is 0. The molecule has 1 saturated heterocycles. The molecule has 1 aliphatic heterocycles. The van der Waals surface area contributed by atoms with Crippen LogP contribution in [-0.2, 0) is 14.3 Å². The van der Waals surface area contributed by atoms with Gasteiger partial charge in [0.05, 0.1) is 5.41 Å². The summed E-state index contributed by atoms with van der Waals surface area (Å²) in [6.45, 7) is 1.78. The van der Waals surface area contributed by atoms with Crippen molar-refractivity contribution in [3.8, 4) is 0 Å². The van der Waals surface area contributed by atoms with Crippen LogP contribution in [0, 0.1) is 5.41 Å². The van der Waals surface area contributed by atoms with E-state index in [4.69, 9.17) is 4.74 Å². The highest BCUT2D eigenvalue weighted by molar-refractivity contribution is 5.81. The first kappa shape index (κ1) is 10.9. The van der Waals surface area contributed by atoms with Crippen molar-refractivity contribution in [3.05, 3.63) is 35.9 Å². The first-order valence-electron chi connectivity index (χ1n) is 5.35. The van der Waals surface area contributed by atoms with E-state index < -0.39 is 5.41 Å². The van der Waals surface area contributed by atoms with Gasteiger partial charge in [-0.1, -0.05) is 30.3 Å². The number of esters is 1. The normalized spacial score (nSPS) is 28.8. The van der Waals surface area contributed by atoms with Crippen molar-refractivity contribution >= 4 is 12.3 Å². The van der Waals surface area contributed by atoms with Crippen molar-refractivity contribution in [2.24, 2.45) is 5.41 Å². The van der Waals surface area contributed by atoms with E-state index in [1.54, 1.807) is 6.92 Å². The molecule has 2 rings (SSSR count). The smallest absolute Gasteiger partial charge is 0.312 e. The van der Waals surface area contributed by atoms with Crippen LogP contribution in [0.2, 0.25) is 0 Å². The predicted octanol–water partition coefficient (Wildman–Crippen LogP) is 2.27. The summed E-state index contributed by atoms with van der Waals surface area (Å²) in [6, 6.07) is 9.62. The molecule has 3 heteroatoms. The third-order valence-electron chi connectivity index (χ3n) is 3.08. The molecule has 1 aromatic carbocycles. The molecule has 16 heavy (non-hydrogen) atoms. The van der Waals surface area contributed by atoms with Gasteiger partial charge in [0.25, 0.3) is 0 Å². The molecule has 0 aliphatic carbocycles. The third kappa shape index (κ3) is 1.85. The van der Waals surface area contributed by atoms with Crippen LogP contribution in [0.3, 0.4) is 0 Å². The molecule has 1 heterocycles. The Morgan fingerprint density at radius 3 is 2.75 bits per heavy atom. The molecule has 1 fully saturated rings. The number of cyclic esters (lactones) is 1. The summed E-state index contributed by atoms with van der Waals surface area (Å²) in [5.41, 5.74) is 0.341. The van der Waals surface area contributed by atoms with E-state index in [-0.39, 0.29) is 18.5 Å². The van der Waals surface area contributed by atoms with Crippen LogP contribution in [0.1, 0.15) is 31.4 Å². The summed E-state index contributed by atoms with van der Waals surface area (Å²) in [5, 5.41) is 0. The minimum Gasteiger partial charge on any atom is -0.457 e. The van der Waals surface area contributed by atoms with Gasteiger partial charge in [0.2, 0.25) is 0 Å². The van der Waals surface area contributed by atoms with E-state index in [0.717, 1.165) is 11.8 Å². The summed E-state index contributed by atoms with van der Waals surface area (Å²) in [4.78, 5) is 22.2. The standard InChI is InChI=1S/C13H14O3/c1-13(7-8-14)9-11(16-12(13)15)10-5-3-2-4-6-10/h2-6,8,11H,7,9H2,1H3/t11-,13+/m1/s1. The summed E-state index contributed by atoms with van der Waals surface area (Å²) in [7, 11) is 0. The van der Waals surface area contributed by atoms with Crippen LogP contribution < -0.4 is 0 Å². The van der Waals surface area contributed by atoms with Gasteiger partial charge in [-0.25, -0.2) is 0 Å². The molecule has 0 aromatic heterocycles. The van der Waals surface area contributed by atoms with E-state index in [1.807, 2.05) is 30.3 Å². The van der Waals surface area contributed by atoms with Crippen LogP contribution in [0.25, 0.3) is 0 Å². The van der Waals surface area contributed by atoms with Crippen LogP contribution in [-0.4, -0.2) is 12.3 Å². The summed E-state index contributed by atoms with van der Waals surface area (Å²) >= 11 is 0. The highest BCUT2D eigenvalue weighted by Crippen LogP contribution is 2.43. The molecule has 3 nitrogen and oxygen atoms in total. The Morgan fingerprint density at radius 1 is 1.44 bits per heavy atom. The first-order valence-corrected chi connectivity index (χ1v) is 5.35. The Morgan fingerprint density at radius 2 is 2.12 bits per heavy atom. The number of hydrogen-bond acceptors (Lipinski definition) is 3. The maximum atomic E-state index is 11.7. The molecule has 0 saturated carbocycles. The van der Waals surface area contributed by atoms with E-state index in [2.05, 4.69) is 0 Å². The van der Waals surface area contributed by atoms with Crippen molar-refractivity contribution in [1.29, 1.82) is 0 Å². The van der Waals surface area contributed by atoms with Gasteiger partial charge in [0, 0.05) is 12.8 Å². The van der Waals surface area contributed by atoms with E-state index in [0.29, 0.717) is 6.42 Å². The van der Waals surface area contributed by atoms with E-state index in [1.165, 1.54) is 0 Å². The van der Waals surface area contributed by atoms with Gasteiger partial charge in [-0.3, -0.25) is 4.79 Å². The van der Waals surface area contributed by atoms with Crippen LogP contribution in [0.15, 0.2) is 30.3 Å². The zero-order valence-corrected chi connectivity index (χ0v) is 9.18. The monoisotopic (exact) mass is 218 g/mol. The van der Waals surface area contributed by atoms with Gasteiger partial charge in [-0.15, -0.1) is 0 Å². The lowest BCUT2D eigenvalue weighted by atomic mass is 9.83. The quantitative estimate of drug-likeness (QED) is 0.577. The molecule has 0 spiro atoms. The Bertz CT molecular complexity index is 399. The number of rotatable bonds is 3. The minimum absolute atomic E-state index is 0.210. The Kier molecular flexibility index (Phi) is 2.77. The van der Waals surface area contributed by atoms with Crippen molar-refractivity contribution < 1.29 is 14.3 Å². The lowest BCUT2D eigenvalue weighted by molar-refractivity contribution is -0.149. The Balaban J connectivity index is 2.18. The minimum atomic E-state index is -0.651. The fourth-order valence-corrected chi connectivity index (χ4v) is 2.01. The average molecular weight is 218 g/mol. The van der Waals surface area contributed by atoms with Crippen LogP contribution in [0.4, 0.5) is 0 Å². The maximum Gasteiger partial charge on any atom is 0.312 e. The molecule has 84 valence electrons. The lowest BCUT2D eigenvalue weighted by Crippen LogP contribution is -2.22. The molecule has 0 amide bonds. The van der Waals surface area contributed by atoms with Crippen molar-refractivity contribution in [2.75, 3.05) is 0 Å². The van der Waals surface area contributed by atoms with Gasteiger partial charge < -0.3 is 9.53 Å². The molecule has 1 aliphatic rings. The second kappa shape index (κ2) is 4.08. The molecule has 0 radical (unpaired) electrons. The first-order chi connectivity index (χ1) is 7.65. The Hall–Kier alpha value is -1.64. The molecule has 1 aromatic rings. The van der Waals surface area contributed by atoms with E-state index >= 15 is 0 Å². The summed E-state index contributed by atoms with van der Waals surface area (Å²) in [5.74, 6) is -0.270. The average Bonchev–Trinajstić information content (AvgIpc) is 2.57. The SMILES string of the molecule is C[C@]1(CC=O)C[C@H](c2ccccc2)OC1=O. The highest BCUT2D eigenvalue weighted by Gasteiger charge is 2.45. The summed E-state index contributed by atoms with van der Waals surface area (Å²) < 4.78 is 5.32. The third-order valence-corrected chi connectivity index (χ3v) is 3.08. The van der Waals surface area contributed by atoms with Gasteiger partial charge in [-0.2, -0.15) is 0 Å². The fraction of sp³-hybridized carbons (Fsp3) is 0.385. The van der Waals surface area contributed by atoms with Crippen molar-refractivity contribution in [2.45, 2.75) is 25.9 Å². The van der Waals surface area contributed by atoms with Gasteiger partial charge in [-0.05, 0) is 12.5 Å². The zero-order chi connectivity index (χ0) is 11.6. The largest absolute Gasteiger partial charge is 0.457 e. The van der Waals surface area contributed by atoms with Crippen molar-refractivity contribution in [1.82, 2.24) is 0 Å². The summed E-state index contributed by atoms with van der Waals surface area (Å²) in [6.07, 6.45) is 1.39. The maximum absolute atomic E-state index is 11.7. The van der Waals surface area contributed by atoms with Gasteiger partial charge >= 0.3 is 5.97 Å². The fourth-order valence-electron chi connectivity index (χ4n) is 2.01. The van der Waals surface area contributed by atoms with Crippen LogP contribution in [0.5, 0.6) is 0 Å². The number of carbonyl (C=O) groups is 2. The number of carbonyl (C=O) groups excluding carboxylic acids is 2.